The number of hydrogen-bond acceptors (Lipinski definition) is 2. The monoisotopic (exact) mass is 329 g/mol. The van der Waals surface area contributed by atoms with Gasteiger partial charge in [0.2, 0.25) is 0 Å². The van der Waals surface area contributed by atoms with E-state index in [-0.39, 0.29) is 12.1 Å². The summed E-state index contributed by atoms with van der Waals surface area (Å²) < 4.78 is 1.67. The average Bonchev–Trinajstić information content (AvgIpc) is 2.56. The molecule has 0 bridgehead atoms. The maximum absolute atomic E-state index is 11.7. The molecule has 0 aromatic heterocycles. The molecule has 1 atom stereocenters. The first-order valence-electron chi connectivity index (χ1n) is 5.04. The molecule has 1 fully saturated rings. The fraction of sp³-hybridized carbons (Fsp3) is 0.273. The second kappa shape index (κ2) is 4.82. The number of urea groups is 1. The predicted octanol–water partition coefficient (Wildman–Crippen LogP) is 2.50. The van der Waals surface area contributed by atoms with Gasteiger partial charge in [-0.2, -0.15) is 5.10 Å². The van der Waals surface area contributed by atoms with Crippen molar-refractivity contribution in [2.75, 3.05) is 6.54 Å². The largest absolute Gasteiger partial charge is 0.349 e. The topological polar surface area (TPSA) is 35.9 Å². The second-order valence-corrected chi connectivity index (χ2v) is 4.72. The molecule has 16 heavy (non-hydrogen) atoms. The van der Waals surface area contributed by atoms with Crippen molar-refractivity contribution in [1.29, 1.82) is 0 Å². The van der Waals surface area contributed by atoms with Crippen LogP contribution in [-0.4, -0.2) is 33.0 Å². The fourth-order valence-corrected chi connectivity index (χ4v) is 1.90. The molecule has 1 heterocycles. The third-order valence-electron chi connectivity index (χ3n) is 2.37. The van der Waals surface area contributed by atoms with E-state index < -0.39 is 0 Å². The van der Waals surface area contributed by atoms with E-state index in [1.54, 1.807) is 9.33 Å². The lowest BCUT2D eigenvalue weighted by atomic mass is 10.2. The third-order valence-corrected chi connectivity index (χ3v) is 3.74. The smallest absolute Gasteiger partial charge is 0.260 e. The number of benzene rings is 1. The van der Waals surface area contributed by atoms with Crippen molar-refractivity contribution < 1.29 is 4.79 Å². The number of carbonyl (C=O) groups excluding carboxylic acids is 1. The lowest BCUT2D eigenvalue weighted by Gasteiger charge is -2.08. The molecular weight excluding hydrogens is 317 g/mol. The number of hydrogen-bond donors (Lipinski definition) is 0. The predicted molar refractivity (Wildman–Crippen MR) is 71.5 cm³/mol. The quantitative estimate of drug-likeness (QED) is 0.467. The number of amides is 2. The minimum atomic E-state index is -0.0553. The molecule has 0 spiro atoms. The van der Waals surface area contributed by atoms with Gasteiger partial charge in [-0.25, -0.2) is 9.80 Å². The van der Waals surface area contributed by atoms with Gasteiger partial charge in [0.15, 0.2) is 0 Å². The molecule has 0 saturated carbocycles. The maximum Gasteiger partial charge on any atom is 0.349 e. The summed E-state index contributed by atoms with van der Waals surface area (Å²) in [4.78, 5) is 11.7. The second-order valence-electron chi connectivity index (χ2n) is 3.68. The molecule has 4 nitrogen and oxygen atoms in total. The van der Waals surface area contributed by atoms with Gasteiger partial charge < -0.3 is 0 Å². The molecule has 1 aliphatic heterocycles. The lowest BCUT2D eigenvalue weighted by Crippen LogP contribution is -2.22. The molecule has 1 saturated heterocycles. The highest BCUT2D eigenvalue weighted by atomic mass is 127. The van der Waals surface area contributed by atoms with Gasteiger partial charge in [0.1, 0.15) is 0 Å². The molecule has 84 valence electrons. The number of halogens is 1. The number of carbonyl (C=O) groups is 1. The Balaban J connectivity index is 2.06. The van der Waals surface area contributed by atoms with E-state index in [0.717, 1.165) is 5.56 Å². The molecule has 1 aromatic carbocycles. The Morgan fingerprint density at radius 2 is 2.12 bits per heavy atom. The van der Waals surface area contributed by atoms with Crippen LogP contribution < -0.4 is 0 Å². The Kier molecular flexibility index (Phi) is 3.42. The standard InChI is InChI=1S/C11H12IN3O/c1-9-8-14(11(16)15(9)12)13-7-10-5-3-2-4-6-10/h2-7,9H,8H2,1H3. The van der Waals surface area contributed by atoms with Gasteiger partial charge in [0.05, 0.1) is 41.7 Å². The molecule has 2 rings (SSSR count). The zero-order valence-corrected chi connectivity index (χ0v) is 11.0. The highest BCUT2D eigenvalue weighted by Gasteiger charge is 2.32. The fourth-order valence-electron chi connectivity index (χ4n) is 1.47. The molecule has 0 N–H and O–H groups in total. The lowest BCUT2D eigenvalue weighted by molar-refractivity contribution is 0.212. The van der Waals surface area contributed by atoms with Crippen LogP contribution >= 0.6 is 22.9 Å². The van der Waals surface area contributed by atoms with Crippen LogP contribution in [0.5, 0.6) is 0 Å². The molecule has 0 aliphatic carbocycles. The molecular formula is C11H12IN3O. The van der Waals surface area contributed by atoms with Gasteiger partial charge in [0, 0.05) is 0 Å². The number of rotatable bonds is 2. The molecule has 2 amide bonds. The zero-order chi connectivity index (χ0) is 11.5. The van der Waals surface area contributed by atoms with Gasteiger partial charge in [-0.3, -0.25) is 3.11 Å². The summed E-state index contributed by atoms with van der Waals surface area (Å²) in [5.41, 5.74) is 0.995. The van der Waals surface area contributed by atoms with E-state index in [9.17, 15) is 4.79 Å². The summed E-state index contributed by atoms with van der Waals surface area (Å²) >= 11 is 2.02. The van der Waals surface area contributed by atoms with E-state index in [2.05, 4.69) is 5.10 Å². The van der Waals surface area contributed by atoms with Crippen molar-refractivity contribution >= 4 is 35.1 Å². The van der Waals surface area contributed by atoms with Crippen molar-refractivity contribution in [2.24, 2.45) is 5.10 Å². The SMILES string of the molecule is CC1CN(N=Cc2ccccc2)C(=O)N1I. The Labute approximate surface area is 108 Å². The van der Waals surface area contributed by atoms with Crippen LogP contribution in [0, 0.1) is 0 Å². The first-order valence-corrected chi connectivity index (χ1v) is 6.00. The normalized spacial score (nSPS) is 21.1. The van der Waals surface area contributed by atoms with Crippen LogP contribution in [0.25, 0.3) is 0 Å². The Morgan fingerprint density at radius 1 is 1.44 bits per heavy atom. The molecule has 1 aliphatic rings. The highest BCUT2D eigenvalue weighted by molar-refractivity contribution is 14.1. The molecule has 0 radical (unpaired) electrons. The summed E-state index contributed by atoms with van der Waals surface area (Å²) in [6.07, 6.45) is 1.71. The van der Waals surface area contributed by atoms with Gasteiger partial charge >= 0.3 is 6.03 Å². The van der Waals surface area contributed by atoms with E-state index in [1.807, 2.05) is 60.1 Å². The van der Waals surface area contributed by atoms with E-state index in [1.165, 1.54) is 5.01 Å². The highest BCUT2D eigenvalue weighted by Crippen LogP contribution is 2.19. The van der Waals surface area contributed by atoms with Crippen LogP contribution in [0.3, 0.4) is 0 Å². The van der Waals surface area contributed by atoms with Crippen molar-refractivity contribution in [3.63, 3.8) is 0 Å². The minimum Gasteiger partial charge on any atom is -0.260 e. The van der Waals surface area contributed by atoms with E-state index >= 15 is 0 Å². The van der Waals surface area contributed by atoms with Crippen LogP contribution in [0.1, 0.15) is 12.5 Å². The Morgan fingerprint density at radius 3 is 2.69 bits per heavy atom. The summed E-state index contributed by atoms with van der Waals surface area (Å²) in [6.45, 7) is 2.65. The van der Waals surface area contributed by atoms with Crippen LogP contribution in [0.4, 0.5) is 4.79 Å². The van der Waals surface area contributed by atoms with Crippen molar-refractivity contribution in [1.82, 2.24) is 8.12 Å². The van der Waals surface area contributed by atoms with Crippen molar-refractivity contribution in [3.8, 4) is 0 Å². The van der Waals surface area contributed by atoms with Crippen LogP contribution in [-0.2, 0) is 0 Å². The van der Waals surface area contributed by atoms with Gasteiger partial charge in [-0.15, -0.1) is 0 Å². The van der Waals surface area contributed by atoms with Crippen LogP contribution in [0.2, 0.25) is 0 Å². The third kappa shape index (κ3) is 2.34. The van der Waals surface area contributed by atoms with Crippen LogP contribution in [0.15, 0.2) is 35.4 Å². The Bertz CT molecular complexity index is 407. The summed E-state index contributed by atoms with van der Waals surface area (Å²) in [7, 11) is 0. The summed E-state index contributed by atoms with van der Waals surface area (Å²) in [5.74, 6) is 0. The van der Waals surface area contributed by atoms with Gasteiger partial charge in [0.25, 0.3) is 0 Å². The summed E-state index contributed by atoms with van der Waals surface area (Å²) in [5, 5.41) is 5.68. The first-order chi connectivity index (χ1) is 7.68. The molecule has 1 aromatic rings. The molecule has 5 heteroatoms. The maximum atomic E-state index is 11.7. The van der Waals surface area contributed by atoms with Crippen molar-refractivity contribution in [3.05, 3.63) is 35.9 Å². The minimum absolute atomic E-state index is 0.0553. The van der Waals surface area contributed by atoms with E-state index in [4.69, 9.17) is 0 Å². The Hall–Kier alpha value is -1.11. The van der Waals surface area contributed by atoms with E-state index in [0.29, 0.717) is 6.54 Å². The zero-order valence-electron chi connectivity index (χ0n) is 8.88. The molecule has 1 unspecified atom stereocenters. The average molecular weight is 329 g/mol. The number of nitrogens with zero attached hydrogens (tertiary/aromatic N) is 3. The number of hydrazone groups is 1. The van der Waals surface area contributed by atoms with Crippen molar-refractivity contribution in [2.45, 2.75) is 13.0 Å². The first kappa shape index (κ1) is 11.4. The van der Waals surface area contributed by atoms with Gasteiger partial charge in [-0.05, 0) is 12.5 Å². The summed E-state index contributed by atoms with van der Waals surface area (Å²) in [6, 6.07) is 9.90. The van der Waals surface area contributed by atoms with Gasteiger partial charge in [-0.1, -0.05) is 30.3 Å².